The first kappa shape index (κ1) is 19.4. The van der Waals surface area contributed by atoms with Crippen molar-refractivity contribution in [2.75, 3.05) is 24.6 Å². The highest BCUT2D eigenvalue weighted by atomic mass is 32.2. The van der Waals surface area contributed by atoms with Crippen molar-refractivity contribution in [1.29, 1.82) is 0 Å². The van der Waals surface area contributed by atoms with Crippen molar-refractivity contribution in [3.63, 3.8) is 0 Å². The number of sulfone groups is 1. The Hall–Kier alpha value is -1.40. The molecule has 0 radical (unpaired) electrons. The van der Waals surface area contributed by atoms with E-state index in [1.54, 1.807) is 0 Å². The summed E-state index contributed by atoms with van der Waals surface area (Å²) in [5, 5.41) is 2.95. The molecule has 0 spiro atoms. The molecule has 2 saturated heterocycles. The fourth-order valence-corrected chi connectivity index (χ4v) is 6.12. The van der Waals surface area contributed by atoms with Gasteiger partial charge in [-0.15, -0.1) is 0 Å². The van der Waals surface area contributed by atoms with Gasteiger partial charge < -0.3 is 5.32 Å². The maximum atomic E-state index is 12.3. The van der Waals surface area contributed by atoms with Crippen LogP contribution in [0.5, 0.6) is 0 Å². The van der Waals surface area contributed by atoms with Crippen LogP contribution in [0.15, 0.2) is 24.3 Å². The van der Waals surface area contributed by atoms with E-state index in [-0.39, 0.29) is 17.4 Å². The molecule has 3 atom stereocenters. The Bertz CT molecular complexity index is 737. The zero-order valence-electron chi connectivity index (χ0n) is 15.8. The van der Waals surface area contributed by atoms with Crippen LogP contribution in [-0.4, -0.2) is 43.8 Å². The van der Waals surface area contributed by atoms with Crippen molar-refractivity contribution in [2.45, 2.75) is 39.8 Å². The average molecular weight is 379 g/mol. The van der Waals surface area contributed by atoms with Crippen LogP contribution < -0.4 is 5.32 Å². The summed E-state index contributed by atoms with van der Waals surface area (Å²) in [6.45, 7) is 8.22. The van der Waals surface area contributed by atoms with Gasteiger partial charge >= 0.3 is 0 Å². The molecule has 2 fully saturated rings. The molecule has 2 aliphatic heterocycles. The van der Waals surface area contributed by atoms with Crippen molar-refractivity contribution in [3.8, 4) is 0 Å². The molecule has 2 aliphatic rings. The van der Waals surface area contributed by atoms with Gasteiger partial charge in [0.25, 0.3) is 0 Å². The average Bonchev–Trinajstić information content (AvgIpc) is 2.93. The van der Waals surface area contributed by atoms with E-state index in [0.717, 1.165) is 37.0 Å². The molecule has 2 heterocycles. The summed E-state index contributed by atoms with van der Waals surface area (Å²) in [4.78, 5) is 14.8. The second kappa shape index (κ2) is 8.09. The molecule has 0 unspecified atom stereocenters. The molecule has 26 heavy (non-hydrogen) atoms. The number of piperidine rings is 1. The monoisotopic (exact) mass is 378 g/mol. The summed E-state index contributed by atoms with van der Waals surface area (Å²) >= 11 is 0. The van der Waals surface area contributed by atoms with E-state index in [1.807, 2.05) is 12.1 Å². The van der Waals surface area contributed by atoms with Crippen molar-refractivity contribution < 1.29 is 13.2 Å². The van der Waals surface area contributed by atoms with E-state index in [0.29, 0.717) is 13.0 Å². The summed E-state index contributed by atoms with van der Waals surface area (Å²) in [5.41, 5.74) is 2.36. The minimum Gasteiger partial charge on any atom is -0.352 e. The highest BCUT2D eigenvalue weighted by Gasteiger charge is 2.32. The van der Waals surface area contributed by atoms with Crippen LogP contribution in [0.1, 0.15) is 37.8 Å². The van der Waals surface area contributed by atoms with Crippen LogP contribution >= 0.6 is 0 Å². The Morgan fingerprint density at radius 3 is 2.42 bits per heavy atom. The lowest BCUT2D eigenvalue weighted by Crippen LogP contribution is -2.38. The lowest BCUT2D eigenvalue weighted by Gasteiger charge is -2.35. The number of hydrogen-bond acceptors (Lipinski definition) is 4. The quantitative estimate of drug-likeness (QED) is 0.853. The highest BCUT2D eigenvalue weighted by molar-refractivity contribution is 7.91. The smallest absolute Gasteiger partial charge is 0.224 e. The Morgan fingerprint density at radius 2 is 1.81 bits per heavy atom. The van der Waals surface area contributed by atoms with Gasteiger partial charge in [-0.1, -0.05) is 38.1 Å². The van der Waals surface area contributed by atoms with E-state index < -0.39 is 15.8 Å². The molecule has 3 rings (SSSR count). The number of rotatable bonds is 5. The number of likely N-dealkylation sites (tertiary alicyclic amines) is 1. The zero-order chi connectivity index (χ0) is 18.7. The van der Waals surface area contributed by atoms with E-state index in [4.69, 9.17) is 0 Å². The first-order valence-electron chi connectivity index (χ1n) is 9.59. The number of carbonyl (C=O) groups excluding carboxylic acids is 1. The van der Waals surface area contributed by atoms with Gasteiger partial charge in [0.15, 0.2) is 9.84 Å². The summed E-state index contributed by atoms with van der Waals surface area (Å²) in [7, 11) is -3.03. The Balaban J connectivity index is 1.59. The molecule has 1 N–H and O–H groups in total. The van der Waals surface area contributed by atoms with Crippen LogP contribution in [0.25, 0.3) is 0 Å². The number of benzene rings is 1. The fraction of sp³-hybridized carbons (Fsp3) is 0.650. The van der Waals surface area contributed by atoms with E-state index in [9.17, 15) is 13.2 Å². The topological polar surface area (TPSA) is 66.5 Å². The van der Waals surface area contributed by atoms with Gasteiger partial charge in [0.2, 0.25) is 5.91 Å². The normalized spacial score (nSPS) is 28.8. The van der Waals surface area contributed by atoms with Crippen LogP contribution in [0.2, 0.25) is 0 Å². The highest BCUT2D eigenvalue weighted by Crippen LogP contribution is 2.23. The molecule has 1 aromatic carbocycles. The number of carbonyl (C=O) groups is 1. The number of hydrogen-bond donors (Lipinski definition) is 1. The molecule has 1 amide bonds. The molecule has 144 valence electrons. The maximum absolute atomic E-state index is 12.3. The van der Waals surface area contributed by atoms with Gasteiger partial charge in [-0.25, -0.2) is 8.42 Å². The molecule has 0 aromatic heterocycles. The first-order valence-corrected chi connectivity index (χ1v) is 11.4. The third kappa shape index (κ3) is 5.07. The summed E-state index contributed by atoms with van der Waals surface area (Å²) in [6, 6.07) is 8.22. The van der Waals surface area contributed by atoms with Crippen LogP contribution in [0.3, 0.4) is 0 Å². The van der Waals surface area contributed by atoms with E-state index in [1.165, 1.54) is 12.0 Å². The lowest BCUT2D eigenvalue weighted by atomic mass is 9.91. The van der Waals surface area contributed by atoms with Gasteiger partial charge in [-0.3, -0.25) is 9.69 Å². The second-order valence-corrected chi connectivity index (χ2v) is 10.5. The molecule has 1 aromatic rings. The predicted octanol–water partition coefficient (Wildman–Crippen LogP) is 2.22. The Kier molecular flexibility index (Phi) is 6.03. The third-order valence-corrected chi connectivity index (χ3v) is 7.28. The first-order chi connectivity index (χ1) is 12.3. The Morgan fingerprint density at radius 1 is 1.15 bits per heavy atom. The lowest BCUT2D eigenvalue weighted by molar-refractivity contribution is -0.124. The van der Waals surface area contributed by atoms with Gasteiger partial charge in [-0.2, -0.15) is 0 Å². The maximum Gasteiger partial charge on any atom is 0.224 e. The minimum absolute atomic E-state index is 0.00989. The molecule has 6 heteroatoms. The number of amides is 1. The zero-order valence-corrected chi connectivity index (χ0v) is 16.6. The molecular weight excluding hydrogens is 348 g/mol. The van der Waals surface area contributed by atoms with Gasteiger partial charge in [-0.05, 0) is 35.8 Å². The van der Waals surface area contributed by atoms with Gasteiger partial charge in [0.1, 0.15) is 0 Å². The van der Waals surface area contributed by atoms with Gasteiger partial charge in [0.05, 0.1) is 17.4 Å². The number of nitrogens with zero attached hydrogens (tertiary/aromatic N) is 1. The summed E-state index contributed by atoms with van der Waals surface area (Å²) in [6.07, 6.45) is 1.73. The van der Waals surface area contributed by atoms with Crippen LogP contribution in [0, 0.1) is 17.8 Å². The van der Waals surface area contributed by atoms with Crippen molar-refractivity contribution >= 4 is 15.7 Å². The molecule has 5 nitrogen and oxygen atoms in total. The van der Waals surface area contributed by atoms with Gasteiger partial charge in [0, 0.05) is 26.2 Å². The second-order valence-electron chi connectivity index (χ2n) is 8.23. The van der Waals surface area contributed by atoms with Crippen LogP contribution in [-0.2, 0) is 27.7 Å². The Labute approximate surface area is 157 Å². The molecular formula is C20H30N2O3S. The third-order valence-electron chi connectivity index (χ3n) is 5.51. The van der Waals surface area contributed by atoms with E-state index in [2.05, 4.69) is 36.2 Å². The molecule has 0 bridgehead atoms. The van der Waals surface area contributed by atoms with Crippen molar-refractivity contribution in [3.05, 3.63) is 35.4 Å². The molecule has 0 aliphatic carbocycles. The SMILES string of the molecule is C[C@@H]1C[C@H](C)CN(Cc2ccccc2CNC(=O)[C@@H]2CCS(=O)(=O)C2)C1. The fourth-order valence-electron chi connectivity index (χ4n) is 4.37. The summed E-state index contributed by atoms with van der Waals surface area (Å²) < 4.78 is 23.1. The summed E-state index contributed by atoms with van der Waals surface area (Å²) in [5.74, 6) is 1.03. The van der Waals surface area contributed by atoms with Crippen LogP contribution in [0.4, 0.5) is 0 Å². The largest absolute Gasteiger partial charge is 0.352 e. The van der Waals surface area contributed by atoms with Crippen molar-refractivity contribution in [2.24, 2.45) is 17.8 Å². The predicted molar refractivity (Wildman–Crippen MR) is 103 cm³/mol. The van der Waals surface area contributed by atoms with E-state index >= 15 is 0 Å². The number of nitrogens with one attached hydrogen (secondary N) is 1. The minimum atomic E-state index is -3.03. The molecule has 0 saturated carbocycles. The van der Waals surface area contributed by atoms with Crippen molar-refractivity contribution in [1.82, 2.24) is 10.2 Å². The standard InChI is InChI=1S/C20H30N2O3S/c1-15-9-16(2)12-22(11-15)13-18-6-4-3-5-17(18)10-21-20(23)19-7-8-26(24,25)14-19/h3-6,15-16,19H,7-14H2,1-2H3,(H,21,23)/t15-,16+,19-/m1/s1.